The first-order valence-corrected chi connectivity index (χ1v) is 11.1. The van der Waals surface area contributed by atoms with Gasteiger partial charge in [0.2, 0.25) is 5.95 Å². The number of nitrogen functional groups attached to an aromatic ring is 1. The molecule has 0 radical (unpaired) electrons. The SMILES string of the molecule is CN1CCN(C(=O)c2cc3nc(-c4cnc(N)nc4)nc(N4CCOCC4)c3s2)CC1. The van der Waals surface area contributed by atoms with E-state index in [1.165, 1.54) is 11.3 Å². The van der Waals surface area contributed by atoms with Gasteiger partial charge in [0.25, 0.3) is 5.91 Å². The zero-order chi connectivity index (χ0) is 21.4. The number of morpholine rings is 1. The monoisotopic (exact) mass is 440 g/mol. The summed E-state index contributed by atoms with van der Waals surface area (Å²) in [4.78, 5) is 37.9. The van der Waals surface area contributed by atoms with E-state index in [4.69, 9.17) is 20.4 Å². The van der Waals surface area contributed by atoms with Crippen LogP contribution in [0.1, 0.15) is 9.67 Å². The largest absolute Gasteiger partial charge is 0.378 e. The van der Waals surface area contributed by atoms with E-state index in [0.29, 0.717) is 29.5 Å². The van der Waals surface area contributed by atoms with Gasteiger partial charge in [-0.25, -0.2) is 19.9 Å². The van der Waals surface area contributed by atoms with Gasteiger partial charge in [0.15, 0.2) is 11.6 Å². The fourth-order valence-corrected chi connectivity index (χ4v) is 4.84. The molecule has 2 aliphatic heterocycles. The molecule has 162 valence electrons. The van der Waals surface area contributed by atoms with Crippen LogP contribution in [0, 0.1) is 0 Å². The summed E-state index contributed by atoms with van der Waals surface area (Å²) >= 11 is 1.46. The van der Waals surface area contributed by atoms with E-state index >= 15 is 0 Å². The van der Waals surface area contributed by atoms with Gasteiger partial charge in [0.1, 0.15) is 0 Å². The van der Waals surface area contributed by atoms with E-state index in [9.17, 15) is 4.79 Å². The molecule has 2 saturated heterocycles. The average Bonchev–Trinajstić information content (AvgIpc) is 3.24. The van der Waals surface area contributed by atoms with Crippen LogP contribution in [0.25, 0.3) is 21.6 Å². The number of ether oxygens (including phenoxy) is 1. The average molecular weight is 441 g/mol. The highest BCUT2D eigenvalue weighted by Crippen LogP contribution is 2.35. The highest BCUT2D eigenvalue weighted by molar-refractivity contribution is 7.21. The van der Waals surface area contributed by atoms with Gasteiger partial charge in [-0.3, -0.25) is 4.79 Å². The number of likely N-dealkylation sites (N-methyl/N-ethyl adjacent to an activating group) is 1. The third-order valence-electron chi connectivity index (χ3n) is 5.60. The fourth-order valence-electron chi connectivity index (χ4n) is 3.76. The Morgan fingerprint density at radius 3 is 2.48 bits per heavy atom. The second-order valence-corrected chi connectivity index (χ2v) is 8.77. The molecule has 0 unspecified atom stereocenters. The normalized spacial score (nSPS) is 18.0. The third-order valence-corrected chi connectivity index (χ3v) is 6.70. The second-order valence-electron chi connectivity index (χ2n) is 7.72. The van der Waals surface area contributed by atoms with Crippen molar-refractivity contribution in [2.45, 2.75) is 0 Å². The highest BCUT2D eigenvalue weighted by Gasteiger charge is 2.25. The van der Waals surface area contributed by atoms with Gasteiger partial charge in [-0.05, 0) is 13.1 Å². The number of thiophene rings is 1. The minimum absolute atomic E-state index is 0.0568. The van der Waals surface area contributed by atoms with Crippen LogP contribution < -0.4 is 10.6 Å². The van der Waals surface area contributed by atoms with Crippen LogP contribution in [0.5, 0.6) is 0 Å². The van der Waals surface area contributed by atoms with Crippen molar-refractivity contribution in [2.24, 2.45) is 0 Å². The standard InChI is InChI=1S/C20H24N8O2S/c1-26-2-4-28(5-3-26)19(29)15-10-14-16(31-15)18(27-6-8-30-9-7-27)25-17(24-14)13-11-22-20(21)23-12-13/h10-12H,2-9H2,1H3,(H2,21,22,23). The fraction of sp³-hybridized carbons (Fsp3) is 0.450. The smallest absolute Gasteiger partial charge is 0.264 e. The van der Waals surface area contributed by atoms with E-state index in [0.717, 1.165) is 55.3 Å². The molecule has 2 aliphatic rings. The molecule has 11 heteroatoms. The van der Waals surface area contributed by atoms with E-state index in [1.807, 2.05) is 11.0 Å². The van der Waals surface area contributed by atoms with Gasteiger partial charge in [-0.1, -0.05) is 0 Å². The van der Waals surface area contributed by atoms with Crippen LogP contribution in [0.2, 0.25) is 0 Å². The quantitative estimate of drug-likeness (QED) is 0.636. The Bertz CT molecular complexity index is 1090. The number of carbonyl (C=O) groups excluding carboxylic acids is 1. The van der Waals surface area contributed by atoms with Crippen molar-refractivity contribution in [1.82, 2.24) is 29.7 Å². The van der Waals surface area contributed by atoms with Crippen molar-refractivity contribution < 1.29 is 9.53 Å². The van der Waals surface area contributed by atoms with Crippen molar-refractivity contribution in [1.29, 1.82) is 0 Å². The van der Waals surface area contributed by atoms with Crippen molar-refractivity contribution in [3.8, 4) is 11.4 Å². The lowest BCUT2D eigenvalue weighted by Gasteiger charge is -2.32. The Hall–Kier alpha value is -2.89. The van der Waals surface area contributed by atoms with Gasteiger partial charge >= 0.3 is 0 Å². The summed E-state index contributed by atoms with van der Waals surface area (Å²) < 4.78 is 6.43. The summed E-state index contributed by atoms with van der Waals surface area (Å²) in [5.74, 6) is 1.60. The van der Waals surface area contributed by atoms with Crippen LogP contribution >= 0.6 is 11.3 Å². The number of nitrogens with two attached hydrogens (primary N) is 1. The van der Waals surface area contributed by atoms with Crippen molar-refractivity contribution in [2.75, 3.05) is 70.2 Å². The maximum atomic E-state index is 13.2. The summed E-state index contributed by atoms with van der Waals surface area (Å²) in [5, 5.41) is 0. The van der Waals surface area contributed by atoms with E-state index < -0.39 is 0 Å². The van der Waals surface area contributed by atoms with E-state index in [-0.39, 0.29) is 11.9 Å². The molecule has 0 saturated carbocycles. The molecule has 0 atom stereocenters. The molecule has 1 amide bonds. The number of hydrogen-bond acceptors (Lipinski definition) is 10. The number of amides is 1. The van der Waals surface area contributed by atoms with Gasteiger partial charge < -0.3 is 25.2 Å². The maximum absolute atomic E-state index is 13.2. The summed E-state index contributed by atoms with van der Waals surface area (Å²) in [7, 11) is 2.08. The third kappa shape index (κ3) is 4.03. The number of fused-ring (bicyclic) bond motifs is 1. The van der Waals surface area contributed by atoms with E-state index in [1.54, 1.807) is 12.4 Å². The molecule has 2 fully saturated rings. The summed E-state index contributed by atoms with van der Waals surface area (Å²) in [6.07, 6.45) is 3.24. The number of aromatic nitrogens is 4. The van der Waals surface area contributed by atoms with Gasteiger partial charge in [0.05, 0.1) is 33.9 Å². The predicted molar refractivity (Wildman–Crippen MR) is 119 cm³/mol. The Labute approximate surface area is 183 Å². The van der Waals surface area contributed by atoms with Crippen LogP contribution in [-0.4, -0.2) is 95.2 Å². The first-order valence-electron chi connectivity index (χ1n) is 10.3. The minimum Gasteiger partial charge on any atom is -0.378 e. The molecular weight excluding hydrogens is 416 g/mol. The molecule has 0 aliphatic carbocycles. The number of rotatable bonds is 3. The first-order chi connectivity index (χ1) is 15.1. The molecule has 3 aromatic heterocycles. The highest BCUT2D eigenvalue weighted by atomic mass is 32.1. The Balaban J connectivity index is 1.56. The molecular formula is C20H24N8O2S. The number of anilines is 2. The van der Waals surface area contributed by atoms with Crippen LogP contribution in [-0.2, 0) is 4.74 Å². The number of piperazine rings is 1. The molecule has 0 aromatic carbocycles. The Morgan fingerprint density at radius 2 is 1.77 bits per heavy atom. The Morgan fingerprint density at radius 1 is 1.06 bits per heavy atom. The van der Waals surface area contributed by atoms with Gasteiger partial charge in [-0.15, -0.1) is 11.3 Å². The van der Waals surface area contributed by atoms with Crippen molar-refractivity contribution in [3.05, 3.63) is 23.3 Å². The molecule has 5 rings (SSSR count). The lowest BCUT2D eigenvalue weighted by atomic mass is 10.2. The second kappa shape index (κ2) is 8.33. The Kier molecular flexibility index (Phi) is 5.38. The summed E-state index contributed by atoms with van der Waals surface area (Å²) in [6.45, 7) is 6.01. The maximum Gasteiger partial charge on any atom is 0.264 e. The topological polar surface area (TPSA) is 114 Å². The van der Waals surface area contributed by atoms with Gasteiger partial charge in [0, 0.05) is 51.7 Å². The molecule has 2 N–H and O–H groups in total. The minimum atomic E-state index is 0.0568. The summed E-state index contributed by atoms with van der Waals surface area (Å²) in [5.41, 5.74) is 7.07. The number of hydrogen-bond donors (Lipinski definition) is 1. The summed E-state index contributed by atoms with van der Waals surface area (Å²) in [6, 6.07) is 1.88. The van der Waals surface area contributed by atoms with Crippen molar-refractivity contribution >= 4 is 39.2 Å². The van der Waals surface area contributed by atoms with Crippen LogP contribution in [0.15, 0.2) is 18.5 Å². The molecule has 10 nitrogen and oxygen atoms in total. The molecule has 0 bridgehead atoms. The predicted octanol–water partition coefficient (Wildman–Crippen LogP) is 0.955. The molecule has 5 heterocycles. The number of nitrogens with zero attached hydrogens (tertiary/aromatic N) is 7. The zero-order valence-corrected chi connectivity index (χ0v) is 18.1. The molecule has 31 heavy (non-hydrogen) atoms. The van der Waals surface area contributed by atoms with Crippen LogP contribution in [0.3, 0.4) is 0 Å². The van der Waals surface area contributed by atoms with Gasteiger partial charge in [-0.2, -0.15) is 0 Å². The van der Waals surface area contributed by atoms with Crippen LogP contribution in [0.4, 0.5) is 11.8 Å². The van der Waals surface area contributed by atoms with Crippen molar-refractivity contribution in [3.63, 3.8) is 0 Å². The zero-order valence-electron chi connectivity index (χ0n) is 17.3. The first kappa shape index (κ1) is 20.0. The lowest BCUT2D eigenvalue weighted by molar-refractivity contribution is 0.0669. The lowest BCUT2D eigenvalue weighted by Crippen LogP contribution is -2.46. The van der Waals surface area contributed by atoms with E-state index in [2.05, 4.69) is 26.8 Å². The number of carbonyl (C=O) groups is 1. The molecule has 3 aromatic rings. The molecule has 0 spiro atoms.